The fourth-order valence-electron chi connectivity index (χ4n) is 1.14. The second kappa shape index (κ2) is 3.97. The van der Waals surface area contributed by atoms with Gasteiger partial charge in [-0.05, 0) is 32.3 Å². The number of phenols is 1. The summed E-state index contributed by atoms with van der Waals surface area (Å²) < 4.78 is 0. The molecule has 13 heavy (non-hydrogen) atoms. The van der Waals surface area contributed by atoms with E-state index in [2.05, 4.69) is 5.92 Å². The summed E-state index contributed by atoms with van der Waals surface area (Å²) >= 11 is 0. The van der Waals surface area contributed by atoms with Crippen LogP contribution in [0.2, 0.25) is 0 Å². The molecule has 0 unspecified atom stereocenters. The Bertz CT molecular complexity index is 336. The molecule has 0 amide bonds. The Morgan fingerprint density at radius 2 is 2.15 bits per heavy atom. The molecule has 1 rings (SSSR count). The van der Waals surface area contributed by atoms with Crippen molar-refractivity contribution in [3.63, 3.8) is 0 Å². The minimum absolute atomic E-state index is 0.299. The van der Waals surface area contributed by atoms with Crippen molar-refractivity contribution in [1.82, 2.24) is 4.90 Å². The summed E-state index contributed by atoms with van der Waals surface area (Å²) in [6.07, 6.45) is 5.25. The normalized spacial score (nSPS) is 10.0. The Balaban J connectivity index is 2.99. The largest absolute Gasteiger partial charge is 0.508 e. The number of aromatic hydroxyl groups is 1. The molecule has 0 saturated heterocycles. The summed E-state index contributed by atoms with van der Waals surface area (Å²) in [6.45, 7) is 0.696. The maximum atomic E-state index is 9.48. The number of benzene rings is 1. The van der Waals surface area contributed by atoms with E-state index < -0.39 is 0 Å². The summed E-state index contributed by atoms with van der Waals surface area (Å²) in [5.41, 5.74) is 1.66. The van der Waals surface area contributed by atoms with Gasteiger partial charge >= 0.3 is 0 Å². The average Bonchev–Trinajstić information content (AvgIpc) is 2.08. The van der Waals surface area contributed by atoms with Crippen LogP contribution in [-0.4, -0.2) is 24.1 Å². The first-order valence-electron chi connectivity index (χ1n) is 4.06. The van der Waals surface area contributed by atoms with Crippen molar-refractivity contribution < 1.29 is 5.11 Å². The van der Waals surface area contributed by atoms with E-state index >= 15 is 0 Å². The Morgan fingerprint density at radius 1 is 1.46 bits per heavy atom. The van der Waals surface area contributed by atoms with Crippen LogP contribution in [0.15, 0.2) is 18.2 Å². The smallest absolute Gasteiger partial charge is 0.120 e. The van der Waals surface area contributed by atoms with Crippen molar-refractivity contribution in [2.75, 3.05) is 14.1 Å². The van der Waals surface area contributed by atoms with Gasteiger partial charge in [0.25, 0.3) is 0 Å². The lowest BCUT2D eigenvalue weighted by molar-refractivity contribution is 0.386. The Labute approximate surface area is 78.8 Å². The molecule has 2 nitrogen and oxygen atoms in total. The fraction of sp³-hybridized carbons (Fsp3) is 0.273. The Morgan fingerprint density at radius 3 is 2.69 bits per heavy atom. The van der Waals surface area contributed by atoms with Crippen LogP contribution in [-0.2, 0) is 6.54 Å². The molecule has 2 heteroatoms. The van der Waals surface area contributed by atoms with Crippen LogP contribution in [0.4, 0.5) is 0 Å². The minimum Gasteiger partial charge on any atom is -0.508 e. The van der Waals surface area contributed by atoms with Gasteiger partial charge in [-0.25, -0.2) is 0 Å². The van der Waals surface area contributed by atoms with Gasteiger partial charge in [-0.15, -0.1) is 6.42 Å². The lowest BCUT2D eigenvalue weighted by Crippen LogP contribution is -2.10. The maximum Gasteiger partial charge on any atom is 0.120 e. The first-order valence-corrected chi connectivity index (χ1v) is 4.06. The summed E-state index contributed by atoms with van der Waals surface area (Å²) in [5, 5.41) is 9.48. The van der Waals surface area contributed by atoms with Gasteiger partial charge in [-0.2, -0.15) is 0 Å². The van der Waals surface area contributed by atoms with Crippen LogP contribution in [0.5, 0.6) is 5.75 Å². The molecule has 0 saturated carbocycles. The van der Waals surface area contributed by atoms with E-state index in [1.54, 1.807) is 12.1 Å². The minimum atomic E-state index is 0.299. The molecule has 1 N–H and O–H groups in total. The molecule has 0 aliphatic heterocycles. The maximum absolute atomic E-state index is 9.48. The van der Waals surface area contributed by atoms with Crippen molar-refractivity contribution >= 4 is 0 Å². The molecule has 0 bridgehead atoms. The first kappa shape index (κ1) is 9.63. The van der Waals surface area contributed by atoms with Crippen molar-refractivity contribution in [3.8, 4) is 18.1 Å². The van der Waals surface area contributed by atoms with Crippen molar-refractivity contribution in [3.05, 3.63) is 29.3 Å². The van der Waals surface area contributed by atoms with E-state index in [1.807, 2.05) is 25.1 Å². The summed E-state index contributed by atoms with van der Waals surface area (Å²) in [4.78, 5) is 1.98. The molecule has 1 aromatic carbocycles. The van der Waals surface area contributed by atoms with Crippen LogP contribution in [0.1, 0.15) is 11.1 Å². The topological polar surface area (TPSA) is 23.5 Å². The zero-order valence-electron chi connectivity index (χ0n) is 7.91. The van der Waals surface area contributed by atoms with Crippen molar-refractivity contribution in [1.29, 1.82) is 0 Å². The molecule has 0 aromatic heterocycles. The molecular formula is C11H13NO. The summed E-state index contributed by atoms with van der Waals surface area (Å²) in [7, 11) is 3.89. The molecular weight excluding hydrogens is 162 g/mol. The SMILES string of the molecule is C#Cc1ccc(O)c(CN(C)C)c1. The van der Waals surface area contributed by atoms with E-state index in [0.29, 0.717) is 12.3 Å². The fourth-order valence-corrected chi connectivity index (χ4v) is 1.14. The molecule has 68 valence electrons. The zero-order chi connectivity index (χ0) is 9.84. The lowest BCUT2D eigenvalue weighted by Gasteiger charge is -2.11. The number of terminal acetylenes is 1. The summed E-state index contributed by atoms with van der Waals surface area (Å²) in [6, 6.07) is 5.19. The number of hydrogen-bond donors (Lipinski definition) is 1. The predicted octanol–water partition coefficient (Wildman–Crippen LogP) is 1.44. The van der Waals surface area contributed by atoms with Gasteiger partial charge in [0.2, 0.25) is 0 Å². The number of rotatable bonds is 2. The lowest BCUT2D eigenvalue weighted by atomic mass is 10.1. The van der Waals surface area contributed by atoms with Gasteiger partial charge in [0.1, 0.15) is 5.75 Å². The van der Waals surface area contributed by atoms with Crippen LogP contribution < -0.4 is 0 Å². The van der Waals surface area contributed by atoms with E-state index in [4.69, 9.17) is 6.42 Å². The second-order valence-electron chi connectivity index (χ2n) is 3.23. The van der Waals surface area contributed by atoms with Crippen LogP contribution in [0.25, 0.3) is 0 Å². The zero-order valence-corrected chi connectivity index (χ0v) is 7.91. The highest BCUT2D eigenvalue weighted by molar-refractivity contribution is 5.42. The number of nitrogens with zero attached hydrogens (tertiary/aromatic N) is 1. The van der Waals surface area contributed by atoms with Gasteiger partial charge < -0.3 is 10.0 Å². The second-order valence-corrected chi connectivity index (χ2v) is 3.23. The number of phenolic OH excluding ortho intramolecular Hbond substituents is 1. The van der Waals surface area contributed by atoms with Crippen molar-refractivity contribution in [2.45, 2.75) is 6.54 Å². The molecule has 0 atom stereocenters. The Hall–Kier alpha value is -1.46. The average molecular weight is 175 g/mol. The van der Waals surface area contributed by atoms with E-state index in [-0.39, 0.29) is 0 Å². The van der Waals surface area contributed by atoms with Gasteiger partial charge in [0, 0.05) is 17.7 Å². The molecule has 0 radical (unpaired) electrons. The molecule has 0 aliphatic rings. The standard InChI is InChI=1S/C11H13NO/c1-4-9-5-6-11(13)10(7-9)8-12(2)3/h1,5-7,13H,8H2,2-3H3. The number of hydrogen-bond acceptors (Lipinski definition) is 2. The van der Waals surface area contributed by atoms with Crippen LogP contribution >= 0.6 is 0 Å². The third kappa shape index (κ3) is 2.50. The monoisotopic (exact) mass is 175 g/mol. The van der Waals surface area contributed by atoms with Crippen LogP contribution in [0.3, 0.4) is 0 Å². The highest BCUT2D eigenvalue weighted by Gasteiger charge is 2.02. The van der Waals surface area contributed by atoms with E-state index in [9.17, 15) is 5.11 Å². The molecule has 0 heterocycles. The van der Waals surface area contributed by atoms with Gasteiger partial charge in [-0.3, -0.25) is 0 Å². The van der Waals surface area contributed by atoms with Gasteiger partial charge in [-0.1, -0.05) is 5.92 Å². The van der Waals surface area contributed by atoms with E-state index in [1.165, 1.54) is 0 Å². The van der Waals surface area contributed by atoms with Gasteiger partial charge in [0.15, 0.2) is 0 Å². The Kier molecular flexibility index (Phi) is 2.94. The first-order chi connectivity index (χ1) is 6.13. The highest BCUT2D eigenvalue weighted by atomic mass is 16.3. The molecule has 0 spiro atoms. The molecule has 0 fully saturated rings. The van der Waals surface area contributed by atoms with Crippen molar-refractivity contribution in [2.24, 2.45) is 0 Å². The van der Waals surface area contributed by atoms with Crippen LogP contribution in [0, 0.1) is 12.3 Å². The quantitative estimate of drug-likeness (QED) is 0.687. The van der Waals surface area contributed by atoms with E-state index in [0.717, 1.165) is 11.1 Å². The third-order valence-electron chi connectivity index (χ3n) is 1.73. The van der Waals surface area contributed by atoms with Gasteiger partial charge in [0.05, 0.1) is 0 Å². The summed E-state index contributed by atoms with van der Waals surface area (Å²) in [5.74, 6) is 2.84. The highest BCUT2D eigenvalue weighted by Crippen LogP contribution is 2.18. The third-order valence-corrected chi connectivity index (χ3v) is 1.73. The predicted molar refractivity (Wildman–Crippen MR) is 53.4 cm³/mol. The molecule has 1 aromatic rings. The molecule has 0 aliphatic carbocycles.